The Hall–Kier alpha value is -1.68. The first-order valence-corrected chi connectivity index (χ1v) is 14.0. The largest absolute Gasteiger partial charge is 0.302 e. The van der Waals surface area contributed by atoms with Crippen LogP contribution in [0.1, 0.15) is 44.9 Å². The van der Waals surface area contributed by atoms with Crippen LogP contribution >= 0.6 is 69.1 Å². The van der Waals surface area contributed by atoms with Crippen molar-refractivity contribution in [1.29, 1.82) is 0 Å². The zero-order chi connectivity index (χ0) is 24.9. The molecule has 2 heterocycles. The summed E-state index contributed by atoms with van der Waals surface area (Å²) in [6, 6.07) is 6.81. The van der Waals surface area contributed by atoms with Crippen molar-refractivity contribution in [3.05, 3.63) is 44.4 Å². The van der Waals surface area contributed by atoms with Gasteiger partial charge in [0.2, 0.25) is 11.8 Å². The van der Waals surface area contributed by atoms with E-state index >= 15 is 0 Å². The van der Waals surface area contributed by atoms with E-state index in [1.807, 2.05) is 0 Å². The summed E-state index contributed by atoms with van der Waals surface area (Å²) in [5, 5.41) is 8.74. The molecule has 0 saturated heterocycles. The molecule has 0 spiro atoms. The molecular formula is C23H20Cl4N4O2S2. The normalized spacial score (nSPS) is 11.3. The monoisotopic (exact) mass is 588 g/mol. The summed E-state index contributed by atoms with van der Waals surface area (Å²) < 4.78 is 1.52. The van der Waals surface area contributed by atoms with E-state index in [1.54, 1.807) is 24.3 Å². The number of amides is 2. The van der Waals surface area contributed by atoms with Gasteiger partial charge in [0.15, 0.2) is 10.3 Å². The van der Waals surface area contributed by atoms with E-state index in [-0.39, 0.29) is 11.8 Å². The molecule has 0 unspecified atom stereocenters. The first-order valence-electron chi connectivity index (χ1n) is 10.9. The summed E-state index contributed by atoms with van der Waals surface area (Å²) in [5.74, 6) is -0.182. The number of rotatable bonds is 10. The molecule has 0 aliphatic rings. The fourth-order valence-corrected chi connectivity index (χ4v) is 6.34. The van der Waals surface area contributed by atoms with Gasteiger partial charge < -0.3 is 10.6 Å². The van der Waals surface area contributed by atoms with Crippen LogP contribution in [0, 0.1) is 0 Å². The SMILES string of the molecule is O=C(CCCCCCCC(=O)Nc1nc2c(Cl)ccc(Cl)c2s1)Nc1nc2c(Cl)ccc(Cl)c2s1. The number of hydrogen-bond donors (Lipinski definition) is 2. The molecule has 2 N–H and O–H groups in total. The van der Waals surface area contributed by atoms with Gasteiger partial charge in [-0.2, -0.15) is 0 Å². The van der Waals surface area contributed by atoms with Crippen LogP contribution < -0.4 is 10.6 Å². The quantitative estimate of drug-likeness (QED) is 0.181. The Bertz CT molecular complexity index is 1210. The first kappa shape index (κ1) is 26.4. The number of carbonyl (C=O) groups excluding carboxylic acids is 2. The molecule has 4 aromatic rings. The van der Waals surface area contributed by atoms with Crippen LogP contribution in [0.4, 0.5) is 10.3 Å². The average molecular weight is 590 g/mol. The molecule has 0 bridgehead atoms. The predicted molar refractivity (Wildman–Crippen MR) is 149 cm³/mol. The Labute approximate surface area is 229 Å². The summed E-state index contributed by atoms with van der Waals surface area (Å²) in [5.41, 5.74) is 1.19. The number of anilines is 2. The molecule has 2 amide bonds. The number of unbranched alkanes of at least 4 members (excludes halogenated alkanes) is 4. The van der Waals surface area contributed by atoms with Gasteiger partial charge in [0.25, 0.3) is 0 Å². The fourth-order valence-electron chi connectivity index (χ4n) is 3.46. The van der Waals surface area contributed by atoms with E-state index in [2.05, 4.69) is 20.6 Å². The van der Waals surface area contributed by atoms with E-state index in [4.69, 9.17) is 46.4 Å². The standard InChI is InChI=1S/C23H20Cl4N4O2S2/c24-12-8-10-14(26)20-18(12)30-22(34-20)28-16(32)6-4-2-1-3-5-7-17(33)29-23-31-19-13(25)9-11-15(27)21(19)35-23/h8-11H,1-7H2,(H,28,30,32)(H,29,31,33). The lowest BCUT2D eigenvalue weighted by Crippen LogP contribution is -2.11. The topological polar surface area (TPSA) is 84.0 Å². The van der Waals surface area contributed by atoms with E-state index < -0.39 is 0 Å². The second kappa shape index (κ2) is 12.0. The highest BCUT2D eigenvalue weighted by atomic mass is 35.5. The van der Waals surface area contributed by atoms with Gasteiger partial charge in [0.05, 0.1) is 29.5 Å². The number of carbonyl (C=O) groups is 2. The Kier molecular flexibility index (Phi) is 9.07. The minimum absolute atomic E-state index is 0.0910. The van der Waals surface area contributed by atoms with Gasteiger partial charge in [-0.3, -0.25) is 9.59 Å². The number of thiazole rings is 2. The van der Waals surface area contributed by atoms with Gasteiger partial charge in [0.1, 0.15) is 11.0 Å². The number of halogens is 4. The third-order valence-corrected chi connectivity index (χ3v) is 8.67. The summed E-state index contributed by atoms with van der Waals surface area (Å²) >= 11 is 27.3. The highest BCUT2D eigenvalue weighted by molar-refractivity contribution is 7.23. The Morgan fingerprint density at radius 3 is 1.40 bits per heavy atom. The number of nitrogens with zero attached hydrogens (tertiary/aromatic N) is 2. The van der Waals surface area contributed by atoms with E-state index in [0.29, 0.717) is 54.2 Å². The van der Waals surface area contributed by atoms with Gasteiger partial charge in [0, 0.05) is 12.8 Å². The van der Waals surface area contributed by atoms with Crippen LogP contribution in [0.15, 0.2) is 24.3 Å². The van der Waals surface area contributed by atoms with E-state index in [0.717, 1.165) is 41.5 Å². The van der Waals surface area contributed by atoms with Crippen molar-refractivity contribution in [2.45, 2.75) is 44.9 Å². The van der Waals surface area contributed by atoms with Crippen molar-refractivity contribution >= 4 is 112 Å². The minimum Gasteiger partial charge on any atom is -0.302 e. The van der Waals surface area contributed by atoms with Crippen molar-refractivity contribution in [1.82, 2.24) is 9.97 Å². The van der Waals surface area contributed by atoms with Gasteiger partial charge >= 0.3 is 0 Å². The van der Waals surface area contributed by atoms with Gasteiger partial charge in [-0.25, -0.2) is 9.97 Å². The number of fused-ring (bicyclic) bond motifs is 2. The Morgan fingerprint density at radius 2 is 1.00 bits per heavy atom. The molecule has 0 atom stereocenters. The minimum atomic E-state index is -0.0910. The van der Waals surface area contributed by atoms with Crippen LogP contribution in [0.5, 0.6) is 0 Å². The third-order valence-electron chi connectivity index (χ3n) is 5.19. The van der Waals surface area contributed by atoms with Crippen LogP contribution in [0.3, 0.4) is 0 Å². The second-order valence-electron chi connectivity index (χ2n) is 7.82. The lowest BCUT2D eigenvalue weighted by Gasteiger charge is -2.03. The zero-order valence-corrected chi connectivity index (χ0v) is 23.0. The lowest BCUT2D eigenvalue weighted by molar-refractivity contribution is -0.117. The maximum atomic E-state index is 12.2. The molecule has 0 radical (unpaired) electrons. The Morgan fingerprint density at radius 1 is 0.629 bits per heavy atom. The second-order valence-corrected chi connectivity index (χ2v) is 11.4. The predicted octanol–water partition coefficient (Wildman–Crippen LogP) is 8.83. The van der Waals surface area contributed by atoms with E-state index in [1.165, 1.54) is 22.7 Å². The van der Waals surface area contributed by atoms with Gasteiger partial charge in [-0.15, -0.1) is 0 Å². The van der Waals surface area contributed by atoms with Gasteiger partial charge in [-0.05, 0) is 37.1 Å². The first-order chi connectivity index (χ1) is 16.8. The van der Waals surface area contributed by atoms with E-state index in [9.17, 15) is 9.59 Å². The molecule has 0 saturated carbocycles. The summed E-state index contributed by atoms with van der Waals surface area (Å²) in [7, 11) is 0. The summed E-state index contributed by atoms with van der Waals surface area (Å²) in [4.78, 5) is 33.2. The third kappa shape index (κ3) is 6.76. The van der Waals surface area contributed by atoms with Crippen molar-refractivity contribution in [2.24, 2.45) is 0 Å². The van der Waals surface area contributed by atoms with Crippen LogP contribution in [0.25, 0.3) is 20.4 Å². The highest BCUT2D eigenvalue weighted by Gasteiger charge is 2.14. The molecular weight excluding hydrogens is 570 g/mol. The maximum absolute atomic E-state index is 12.2. The van der Waals surface area contributed by atoms with Crippen molar-refractivity contribution in [3.63, 3.8) is 0 Å². The zero-order valence-electron chi connectivity index (χ0n) is 18.3. The number of aromatic nitrogens is 2. The number of benzene rings is 2. The molecule has 0 fully saturated rings. The molecule has 0 aliphatic carbocycles. The van der Waals surface area contributed by atoms with Crippen molar-refractivity contribution in [3.8, 4) is 0 Å². The molecule has 2 aromatic heterocycles. The van der Waals surface area contributed by atoms with Crippen molar-refractivity contribution in [2.75, 3.05) is 10.6 Å². The Balaban J connectivity index is 1.12. The van der Waals surface area contributed by atoms with Crippen LogP contribution in [-0.4, -0.2) is 21.8 Å². The van der Waals surface area contributed by atoms with Crippen LogP contribution in [0.2, 0.25) is 20.1 Å². The fraction of sp³-hybridized carbons (Fsp3) is 0.304. The molecule has 4 rings (SSSR count). The molecule has 0 aliphatic heterocycles. The molecule has 12 heteroatoms. The highest BCUT2D eigenvalue weighted by Crippen LogP contribution is 2.37. The molecule has 2 aromatic carbocycles. The average Bonchev–Trinajstić information content (AvgIpc) is 3.44. The molecule has 184 valence electrons. The summed E-state index contributed by atoms with van der Waals surface area (Å²) in [6.45, 7) is 0. The lowest BCUT2D eigenvalue weighted by atomic mass is 10.1. The number of nitrogens with one attached hydrogen (secondary N) is 2. The smallest absolute Gasteiger partial charge is 0.226 e. The summed E-state index contributed by atoms with van der Waals surface area (Å²) in [6.07, 6.45) is 5.08. The molecule has 6 nitrogen and oxygen atoms in total. The van der Waals surface area contributed by atoms with Gasteiger partial charge in [-0.1, -0.05) is 88.3 Å². The molecule has 35 heavy (non-hydrogen) atoms. The van der Waals surface area contributed by atoms with Crippen molar-refractivity contribution < 1.29 is 9.59 Å². The van der Waals surface area contributed by atoms with Crippen LogP contribution in [-0.2, 0) is 9.59 Å². The maximum Gasteiger partial charge on any atom is 0.226 e. The number of hydrogen-bond acceptors (Lipinski definition) is 6.